The molecule has 1 saturated carbocycles. The maximum Gasteiger partial charge on any atom is 0.249 e. The van der Waals surface area contributed by atoms with E-state index in [4.69, 9.17) is 10.5 Å². The Kier molecular flexibility index (Phi) is 3.54. The molecule has 0 aromatic heterocycles. The highest BCUT2D eigenvalue weighted by Crippen LogP contribution is 2.30. The zero-order chi connectivity index (χ0) is 12.5. The number of likely N-dealkylation sites (tertiary alicyclic amines) is 1. The number of hydrogen-bond acceptors (Lipinski definition) is 4. The van der Waals surface area contributed by atoms with E-state index in [1.807, 2.05) is 0 Å². The zero-order valence-electron chi connectivity index (χ0n) is 10.8. The number of carbonyl (C=O) groups is 1. The predicted molar refractivity (Wildman–Crippen MR) is 68.1 cm³/mol. The highest BCUT2D eigenvalue weighted by Gasteiger charge is 2.36. The maximum absolute atomic E-state index is 12.1. The molecule has 2 aliphatic heterocycles. The van der Waals surface area contributed by atoms with Gasteiger partial charge in [0.2, 0.25) is 5.91 Å². The summed E-state index contributed by atoms with van der Waals surface area (Å²) in [7, 11) is 0. The molecular formula is C13H23N3O2. The number of ether oxygens (including phenoxy) is 1. The summed E-state index contributed by atoms with van der Waals surface area (Å²) in [6, 6.07) is 1.12. The van der Waals surface area contributed by atoms with Crippen LogP contribution in [0.25, 0.3) is 0 Å². The van der Waals surface area contributed by atoms with Crippen LogP contribution in [0.3, 0.4) is 0 Å². The minimum absolute atomic E-state index is 0.0635. The summed E-state index contributed by atoms with van der Waals surface area (Å²) in [4.78, 5) is 14.6. The summed E-state index contributed by atoms with van der Waals surface area (Å²) in [5, 5.41) is 3.13. The second kappa shape index (κ2) is 5.15. The van der Waals surface area contributed by atoms with E-state index >= 15 is 0 Å². The van der Waals surface area contributed by atoms with Crippen LogP contribution < -0.4 is 11.1 Å². The number of hydrogen-bond donors (Lipinski definition) is 2. The van der Waals surface area contributed by atoms with Gasteiger partial charge in [0.25, 0.3) is 0 Å². The SMILES string of the molecule is NC[C@H]1CC[C@@H](C(=O)NC2CCN(C3CC3)C2)O1. The van der Waals surface area contributed by atoms with Crippen molar-refractivity contribution >= 4 is 5.91 Å². The number of nitrogens with one attached hydrogen (secondary N) is 1. The molecule has 1 amide bonds. The first-order valence-corrected chi connectivity index (χ1v) is 7.16. The summed E-state index contributed by atoms with van der Waals surface area (Å²) in [6.07, 6.45) is 5.28. The van der Waals surface area contributed by atoms with Crippen LogP contribution in [0.4, 0.5) is 0 Å². The topological polar surface area (TPSA) is 67.6 Å². The summed E-state index contributed by atoms with van der Waals surface area (Å²) in [6.45, 7) is 2.67. The van der Waals surface area contributed by atoms with Crippen LogP contribution in [0.2, 0.25) is 0 Å². The summed E-state index contributed by atoms with van der Waals surface area (Å²) < 4.78 is 5.62. The Bertz CT molecular complexity index is 319. The average Bonchev–Trinajstić information content (AvgIpc) is 2.93. The lowest BCUT2D eigenvalue weighted by Gasteiger charge is -2.18. The van der Waals surface area contributed by atoms with Gasteiger partial charge in [-0.1, -0.05) is 0 Å². The lowest BCUT2D eigenvalue weighted by Crippen LogP contribution is -2.43. The molecule has 1 unspecified atom stereocenters. The highest BCUT2D eigenvalue weighted by molar-refractivity contribution is 5.81. The number of nitrogens with two attached hydrogens (primary N) is 1. The summed E-state index contributed by atoms with van der Waals surface area (Å²) in [5.41, 5.74) is 5.55. The molecule has 0 aromatic carbocycles. The van der Waals surface area contributed by atoms with E-state index in [9.17, 15) is 4.79 Å². The molecule has 1 aliphatic carbocycles. The maximum atomic E-state index is 12.1. The lowest BCUT2D eigenvalue weighted by atomic mass is 10.1. The Balaban J connectivity index is 1.44. The van der Waals surface area contributed by atoms with Crippen molar-refractivity contribution in [3.63, 3.8) is 0 Å². The van der Waals surface area contributed by atoms with Crippen LogP contribution in [0.1, 0.15) is 32.1 Å². The molecule has 0 bridgehead atoms. The van der Waals surface area contributed by atoms with Gasteiger partial charge in [-0.2, -0.15) is 0 Å². The molecule has 0 radical (unpaired) electrons. The third-order valence-electron chi connectivity index (χ3n) is 4.29. The number of carbonyl (C=O) groups excluding carboxylic acids is 1. The molecule has 3 rings (SSSR count). The van der Waals surface area contributed by atoms with Gasteiger partial charge in [0.1, 0.15) is 6.10 Å². The normalized spacial score (nSPS) is 37.1. The highest BCUT2D eigenvalue weighted by atomic mass is 16.5. The Morgan fingerprint density at radius 3 is 2.78 bits per heavy atom. The minimum Gasteiger partial charge on any atom is -0.364 e. The monoisotopic (exact) mass is 253 g/mol. The van der Waals surface area contributed by atoms with Crippen molar-refractivity contribution in [3.8, 4) is 0 Å². The van der Waals surface area contributed by atoms with Gasteiger partial charge in [-0.15, -0.1) is 0 Å². The fraction of sp³-hybridized carbons (Fsp3) is 0.923. The van der Waals surface area contributed by atoms with Crippen LogP contribution in [-0.2, 0) is 9.53 Å². The lowest BCUT2D eigenvalue weighted by molar-refractivity contribution is -0.132. The van der Waals surface area contributed by atoms with E-state index in [0.717, 1.165) is 38.4 Å². The van der Waals surface area contributed by atoms with Gasteiger partial charge in [-0.25, -0.2) is 0 Å². The van der Waals surface area contributed by atoms with Crippen LogP contribution in [-0.4, -0.2) is 54.7 Å². The van der Waals surface area contributed by atoms with E-state index in [2.05, 4.69) is 10.2 Å². The fourth-order valence-electron chi connectivity index (χ4n) is 3.04. The Morgan fingerprint density at radius 2 is 2.11 bits per heavy atom. The largest absolute Gasteiger partial charge is 0.364 e. The van der Waals surface area contributed by atoms with Crippen molar-refractivity contribution < 1.29 is 9.53 Å². The molecule has 5 heteroatoms. The van der Waals surface area contributed by atoms with Gasteiger partial charge >= 0.3 is 0 Å². The van der Waals surface area contributed by atoms with Gasteiger partial charge in [-0.3, -0.25) is 9.69 Å². The van der Waals surface area contributed by atoms with Crippen molar-refractivity contribution in [1.82, 2.24) is 10.2 Å². The summed E-state index contributed by atoms with van der Waals surface area (Å²) >= 11 is 0. The molecule has 2 saturated heterocycles. The molecular weight excluding hydrogens is 230 g/mol. The third-order valence-corrected chi connectivity index (χ3v) is 4.29. The third kappa shape index (κ3) is 2.68. The summed E-state index contributed by atoms with van der Waals surface area (Å²) in [5.74, 6) is 0.0635. The van der Waals surface area contributed by atoms with Crippen LogP contribution >= 0.6 is 0 Å². The van der Waals surface area contributed by atoms with Gasteiger partial charge in [0.05, 0.1) is 6.10 Å². The molecule has 102 valence electrons. The van der Waals surface area contributed by atoms with Crippen molar-refractivity contribution in [2.24, 2.45) is 5.73 Å². The molecule has 0 spiro atoms. The van der Waals surface area contributed by atoms with E-state index in [0.29, 0.717) is 12.6 Å². The van der Waals surface area contributed by atoms with Crippen LogP contribution in [0.5, 0.6) is 0 Å². The van der Waals surface area contributed by atoms with Gasteiger partial charge in [-0.05, 0) is 32.1 Å². The fourth-order valence-corrected chi connectivity index (χ4v) is 3.04. The number of nitrogens with zero attached hydrogens (tertiary/aromatic N) is 1. The smallest absolute Gasteiger partial charge is 0.249 e. The Morgan fingerprint density at radius 1 is 1.28 bits per heavy atom. The predicted octanol–water partition coefficient (Wildman–Crippen LogP) is -0.154. The Labute approximate surface area is 108 Å². The first-order chi connectivity index (χ1) is 8.76. The van der Waals surface area contributed by atoms with Crippen LogP contribution in [0, 0.1) is 0 Å². The second-order valence-corrected chi connectivity index (χ2v) is 5.78. The van der Waals surface area contributed by atoms with Crippen molar-refractivity contribution in [1.29, 1.82) is 0 Å². The van der Waals surface area contributed by atoms with E-state index in [1.165, 1.54) is 12.8 Å². The van der Waals surface area contributed by atoms with Gasteiger partial charge in [0, 0.05) is 31.7 Å². The van der Waals surface area contributed by atoms with E-state index in [1.54, 1.807) is 0 Å². The van der Waals surface area contributed by atoms with Crippen molar-refractivity contribution in [3.05, 3.63) is 0 Å². The molecule has 3 fully saturated rings. The molecule has 3 aliphatic rings. The number of amides is 1. The molecule has 5 nitrogen and oxygen atoms in total. The molecule has 0 aromatic rings. The minimum atomic E-state index is -0.270. The van der Waals surface area contributed by atoms with Crippen molar-refractivity contribution in [2.45, 2.75) is 56.4 Å². The van der Waals surface area contributed by atoms with Crippen molar-refractivity contribution in [2.75, 3.05) is 19.6 Å². The number of rotatable bonds is 4. The van der Waals surface area contributed by atoms with Gasteiger partial charge in [0.15, 0.2) is 0 Å². The second-order valence-electron chi connectivity index (χ2n) is 5.78. The molecule has 3 N–H and O–H groups in total. The first kappa shape index (κ1) is 12.4. The molecule has 3 atom stereocenters. The molecule has 18 heavy (non-hydrogen) atoms. The first-order valence-electron chi connectivity index (χ1n) is 7.16. The van der Waals surface area contributed by atoms with Gasteiger partial charge < -0.3 is 15.8 Å². The van der Waals surface area contributed by atoms with E-state index < -0.39 is 0 Å². The zero-order valence-corrected chi connectivity index (χ0v) is 10.8. The standard InChI is InChI=1S/C13H23N3O2/c14-7-11-3-4-12(18-11)13(17)15-9-5-6-16(8-9)10-1-2-10/h9-12H,1-8,14H2,(H,15,17)/t9?,11-,12+/m1/s1. The Hall–Kier alpha value is -0.650. The molecule has 2 heterocycles. The quantitative estimate of drug-likeness (QED) is 0.731. The average molecular weight is 253 g/mol. The van der Waals surface area contributed by atoms with Crippen LogP contribution in [0.15, 0.2) is 0 Å². The van der Waals surface area contributed by atoms with E-state index in [-0.39, 0.29) is 18.1 Å².